The first-order chi connectivity index (χ1) is 10.1. The zero-order valence-corrected chi connectivity index (χ0v) is 12.1. The molecule has 0 bridgehead atoms. The van der Waals surface area contributed by atoms with E-state index in [1.54, 1.807) is 24.3 Å². The van der Waals surface area contributed by atoms with Crippen LogP contribution in [0.2, 0.25) is 5.02 Å². The lowest BCUT2D eigenvalue weighted by Crippen LogP contribution is -2.15. The highest BCUT2D eigenvalue weighted by atomic mass is 35.5. The van der Waals surface area contributed by atoms with Gasteiger partial charge in [0.2, 0.25) is 0 Å². The molecule has 3 rings (SSSR count). The van der Waals surface area contributed by atoms with Crippen LogP contribution in [0.15, 0.2) is 24.3 Å². The van der Waals surface area contributed by atoms with Crippen molar-refractivity contribution in [2.45, 2.75) is 32.4 Å². The molecule has 1 aliphatic rings. The first-order valence-electron chi connectivity index (χ1n) is 6.85. The number of carboxylic acids is 1. The number of carboxylic acid groups (broad SMARTS) is 1. The third-order valence-corrected chi connectivity index (χ3v) is 3.83. The molecule has 0 amide bonds. The number of halogens is 1. The van der Waals surface area contributed by atoms with Gasteiger partial charge in [0.05, 0.1) is 5.69 Å². The van der Waals surface area contributed by atoms with Crippen LogP contribution in [-0.2, 0) is 19.6 Å². The average molecular weight is 307 g/mol. The first-order valence-corrected chi connectivity index (χ1v) is 7.23. The number of benzene rings is 1. The Kier molecular flexibility index (Phi) is 3.84. The molecule has 1 aromatic heterocycles. The van der Waals surface area contributed by atoms with Gasteiger partial charge in [-0.1, -0.05) is 11.6 Å². The number of aromatic nitrogens is 2. The topological polar surface area (TPSA) is 64.3 Å². The molecule has 6 heteroatoms. The first kappa shape index (κ1) is 13.9. The minimum atomic E-state index is -0.974. The lowest BCUT2D eigenvalue weighted by molar-refractivity contribution is 0.0689. The Bertz CT molecular complexity index is 664. The molecular weight excluding hydrogens is 292 g/mol. The quantitative estimate of drug-likeness (QED) is 0.942. The molecule has 1 N–H and O–H groups in total. The molecule has 110 valence electrons. The van der Waals surface area contributed by atoms with Crippen LogP contribution in [-0.4, -0.2) is 20.6 Å². The molecule has 0 radical (unpaired) electrons. The fourth-order valence-electron chi connectivity index (χ4n) is 2.58. The van der Waals surface area contributed by atoms with E-state index in [-0.39, 0.29) is 12.3 Å². The summed E-state index contributed by atoms with van der Waals surface area (Å²) in [6, 6.07) is 7.06. The van der Waals surface area contributed by atoms with Crippen LogP contribution < -0.4 is 4.74 Å². The van der Waals surface area contributed by atoms with Crippen molar-refractivity contribution in [2.75, 3.05) is 0 Å². The average Bonchev–Trinajstić information content (AvgIpc) is 2.86. The van der Waals surface area contributed by atoms with Crippen molar-refractivity contribution in [3.8, 4) is 5.75 Å². The molecule has 0 atom stereocenters. The molecule has 0 saturated carbocycles. The Morgan fingerprint density at radius 2 is 2.10 bits per heavy atom. The molecule has 5 nitrogen and oxygen atoms in total. The van der Waals surface area contributed by atoms with E-state index in [0.717, 1.165) is 31.5 Å². The zero-order valence-electron chi connectivity index (χ0n) is 11.4. The maximum Gasteiger partial charge on any atom is 0.356 e. The molecule has 0 spiro atoms. The molecule has 2 heterocycles. The lowest BCUT2D eigenvalue weighted by atomic mass is 10.1. The van der Waals surface area contributed by atoms with Gasteiger partial charge in [0.15, 0.2) is 5.69 Å². The van der Waals surface area contributed by atoms with E-state index in [1.165, 1.54) is 0 Å². The molecular formula is C15H15ClN2O3. The van der Waals surface area contributed by atoms with E-state index in [0.29, 0.717) is 16.6 Å². The van der Waals surface area contributed by atoms with Crippen LogP contribution in [0.3, 0.4) is 0 Å². The highest BCUT2D eigenvalue weighted by Crippen LogP contribution is 2.23. The Morgan fingerprint density at radius 1 is 1.33 bits per heavy atom. The molecule has 0 unspecified atom stereocenters. The molecule has 2 aromatic rings. The van der Waals surface area contributed by atoms with Gasteiger partial charge in [0.1, 0.15) is 18.2 Å². The van der Waals surface area contributed by atoms with E-state index in [9.17, 15) is 9.90 Å². The smallest absolute Gasteiger partial charge is 0.356 e. The van der Waals surface area contributed by atoms with Crippen molar-refractivity contribution < 1.29 is 14.6 Å². The summed E-state index contributed by atoms with van der Waals surface area (Å²) in [4.78, 5) is 15.5. The molecule has 1 aromatic carbocycles. The number of ether oxygens (including phenoxy) is 1. The zero-order chi connectivity index (χ0) is 14.8. The fourth-order valence-corrected chi connectivity index (χ4v) is 2.70. The molecule has 0 aliphatic carbocycles. The second kappa shape index (κ2) is 5.77. The number of fused-ring (bicyclic) bond motifs is 1. The molecule has 21 heavy (non-hydrogen) atoms. The predicted octanol–water partition coefficient (Wildman–Crippen LogP) is 3.15. The second-order valence-electron chi connectivity index (χ2n) is 4.98. The molecule has 1 aliphatic heterocycles. The Hall–Kier alpha value is -2.01. The van der Waals surface area contributed by atoms with Gasteiger partial charge in [-0.3, -0.25) is 0 Å². The normalized spacial score (nSPS) is 13.8. The van der Waals surface area contributed by atoms with Crippen molar-refractivity contribution in [1.82, 2.24) is 9.55 Å². The maximum atomic E-state index is 11.3. The molecule has 0 fully saturated rings. The van der Waals surface area contributed by atoms with E-state index in [2.05, 4.69) is 4.98 Å². The van der Waals surface area contributed by atoms with Crippen LogP contribution in [0.25, 0.3) is 0 Å². The predicted molar refractivity (Wildman–Crippen MR) is 77.9 cm³/mol. The summed E-state index contributed by atoms with van der Waals surface area (Å²) < 4.78 is 7.65. The highest BCUT2D eigenvalue weighted by Gasteiger charge is 2.23. The SMILES string of the molecule is O=C(O)c1nc(COc2ccc(Cl)cc2)n2c1CCCC2. The third kappa shape index (κ3) is 2.88. The summed E-state index contributed by atoms with van der Waals surface area (Å²) in [5.74, 6) is 0.375. The Morgan fingerprint density at radius 3 is 2.81 bits per heavy atom. The maximum absolute atomic E-state index is 11.3. The van der Waals surface area contributed by atoms with Crippen LogP contribution in [0.5, 0.6) is 5.75 Å². The molecule has 0 saturated heterocycles. The number of rotatable bonds is 4. The van der Waals surface area contributed by atoms with Crippen molar-refractivity contribution in [3.63, 3.8) is 0 Å². The number of carbonyl (C=O) groups is 1. The fraction of sp³-hybridized carbons (Fsp3) is 0.333. The van der Waals surface area contributed by atoms with Crippen LogP contribution in [0.4, 0.5) is 0 Å². The van der Waals surface area contributed by atoms with Crippen LogP contribution in [0.1, 0.15) is 34.8 Å². The third-order valence-electron chi connectivity index (χ3n) is 3.58. The standard InChI is InChI=1S/C15H15ClN2O3/c16-10-4-6-11(7-5-10)21-9-13-17-14(15(19)20)12-3-1-2-8-18(12)13/h4-7H,1-3,8-9H2,(H,19,20). The summed E-state index contributed by atoms with van der Waals surface area (Å²) in [6.45, 7) is 1.05. The summed E-state index contributed by atoms with van der Waals surface area (Å²) in [5, 5.41) is 9.89. The summed E-state index contributed by atoms with van der Waals surface area (Å²) >= 11 is 5.82. The second-order valence-corrected chi connectivity index (χ2v) is 5.42. The van der Waals surface area contributed by atoms with Gasteiger partial charge in [0.25, 0.3) is 0 Å². The van der Waals surface area contributed by atoms with Gasteiger partial charge >= 0.3 is 5.97 Å². The highest BCUT2D eigenvalue weighted by molar-refractivity contribution is 6.30. The summed E-state index contributed by atoms with van der Waals surface area (Å²) in [7, 11) is 0. The minimum absolute atomic E-state index is 0.157. The van der Waals surface area contributed by atoms with Crippen LogP contribution >= 0.6 is 11.6 Å². The number of nitrogens with zero attached hydrogens (tertiary/aromatic N) is 2. The van der Waals surface area contributed by atoms with E-state index in [4.69, 9.17) is 16.3 Å². The largest absolute Gasteiger partial charge is 0.486 e. The number of hydrogen-bond donors (Lipinski definition) is 1. The van der Waals surface area contributed by atoms with Crippen LogP contribution in [0, 0.1) is 0 Å². The number of hydrogen-bond acceptors (Lipinski definition) is 3. The van der Waals surface area contributed by atoms with Gasteiger partial charge in [0, 0.05) is 11.6 Å². The van der Waals surface area contributed by atoms with Gasteiger partial charge in [-0.05, 0) is 43.5 Å². The van der Waals surface area contributed by atoms with Gasteiger partial charge < -0.3 is 14.4 Å². The lowest BCUT2D eigenvalue weighted by Gasteiger charge is -2.17. The summed E-state index contributed by atoms with van der Waals surface area (Å²) in [6.07, 6.45) is 2.80. The van der Waals surface area contributed by atoms with Crippen molar-refractivity contribution in [2.24, 2.45) is 0 Å². The van der Waals surface area contributed by atoms with Gasteiger partial charge in [-0.15, -0.1) is 0 Å². The van der Waals surface area contributed by atoms with E-state index >= 15 is 0 Å². The minimum Gasteiger partial charge on any atom is -0.486 e. The Balaban J connectivity index is 1.82. The van der Waals surface area contributed by atoms with Gasteiger partial charge in [-0.2, -0.15) is 0 Å². The van der Waals surface area contributed by atoms with E-state index < -0.39 is 5.97 Å². The number of aromatic carboxylic acids is 1. The Labute approximate surface area is 127 Å². The van der Waals surface area contributed by atoms with Gasteiger partial charge in [-0.25, -0.2) is 9.78 Å². The van der Waals surface area contributed by atoms with Crippen molar-refractivity contribution in [3.05, 3.63) is 46.5 Å². The number of imidazole rings is 1. The van der Waals surface area contributed by atoms with Crippen molar-refractivity contribution >= 4 is 17.6 Å². The summed E-state index contributed by atoms with van der Waals surface area (Å²) in [5.41, 5.74) is 0.966. The van der Waals surface area contributed by atoms with Crippen molar-refractivity contribution in [1.29, 1.82) is 0 Å². The monoisotopic (exact) mass is 306 g/mol. The van der Waals surface area contributed by atoms with E-state index in [1.807, 2.05) is 4.57 Å².